The first-order valence-corrected chi connectivity index (χ1v) is 8.70. The van der Waals surface area contributed by atoms with E-state index < -0.39 is 18.3 Å². The highest BCUT2D eigenvalue weighted by molar-refractivity contribution is 9.11. The number of ether oxygens (including phenoxy) is 1. The summed E-state index contributed by atoms with van der Waals surface area (Å²) in [4.78, 5) is 12.3. The van der Waals surface area contributed by atoms with Crippen molar-refractivity contribution in [2.45, 2.75) is 25.4 Å². The largest absolute Gasteiger partial charge is 0.461 e. The van der Waals surface area contributed by atoms with Crippen LogP contribution in [0.25, 0.3) is 0 Å². The molecule has 0 amide bonds. The average molecular weight is 484 g/mol. The average Bonchev–Trinajstić information content (AvgIpc) is 2.54. The third-order valence-corrected chi connectivity index (χ3v) is 4.81. The van der Waals surface area contributed by atoms with E-state index in [4.69, 9.17) is 0 Å². The molecule has 0 atom stereocenters. The van der Waals surface area contributed by atoms with Gasteiger partial charge in [-0.25, -0.2) is 0 Å². The summed E-state index contributed by atoms with van der Waals surface area (Å²) in [6.45, 7) is 0. The molecule has 0 saturated carbocycles. The Balaban J connectivity index is 2.09. The lowest BCUT2D eigenvalue weighted by atomic mass is 10.0. The number of alkyl halides is 4. The summed E-state index contributed by atoms with van der Waals surface area (Å²) in [5, 5.41) is 0. The molecule has 0 fully saturated rings. The van der Waals surface area contributed by atoms with E-state index >= 15 is 0 Å². The second-order valence-electron chi connectivity index (χ2n) is 5.12. The fourth-order valence-corrected chi connectivity index (χ4v) is 3.48. The van der Waals surface area contributed by atoms with Crippen LogP contribution < -0.4 is 4.74 Å². The van der Waals surface area contributed by atoms with Gasteiger partial charge in [0.2, 0.25) is 0 Å². The molecule has 0 saturated heterocycles. The summed E-state index contributed by atoms with van der Waals surface area (Å²) in [7, 11) is 0. The van der Waals surface area contributed by atoms with Crippen LogP contribution >= 0.6 is 31.9 Å². The molecule has 2 rings (SSSR count). The Morgan fingerprint density at radius 1 is 1.08 bits per heavy atom. The predicted molar refractivity (Wildman–Crippen MR) is 92.5 cm³/mol. The van der Waals surface area contributed by atoms with Gasteiger partial charge >= 0.3 is 12.5 Å². The van der Waals surface area contributed by atoms with Gasteiger partial charge in [0, 0.05) is 20.9 Å². The van der Waals surface area contributed by atoms with Crippen LogP contribution in [0.2, 0.25) is 0 Å². The molecule has 0 aliphatic carbocycles. The molecule has 0 aliphatic heterocycles. The smallest absolute Gasteiger partial charge is 0.428 e. The molecule has 0 unspecified atom stereocenters. The lowest BCUT2D eigenvalue weighted by molar-refractivity contribution is -0.253. The van der Waals surface area contributed by atoms with E-state index in [0.29, 0.717) is 6.42 Å². The minimum atomic E-state index is -4.61. The molecule has 2 nitrogen and oxygen atoms in total. The molecule has 0 radical (unpaired) electrons. The van der Waals surface area contributed by atoms with Gasteiger partial charge in [0.25, 0.3) is 0 Å². The van der Waals surface area contributed by atoms with Crippen molar-refractivity contribution in [2.75, 3.05) is 0 Å². The normalized spacial score (nSPS) is 11.6. The van der Waals surface area contributed by atoms with Gasteiger partial charge in [-0.2, -0.15) is 17.6 Å². The third kappa shape index (κ3) is 5.28. The number of halogens is 6. The van der Waals surface area contributed by atoms with Crippen LogP contribution in [0.1, 0.15) is 22.3 Å². The van der Waals surface area contributed by atoms with E-state index in [9.17, 15) is 22.4 Å². The molecular weight excluding hydrogens is 472 g/mol. The Morgan fingerprint density at radius 2 is 1.68 bits per heavy atom. The molecule has 0 N–H and O–H groups in total. The van der Waals surface area contributed by atoms with Crippen molar-refractivity contribution in [3.05, 3.63) is 62.5 Å². The molecule has 0 aromatic heterocycles. The zero-order valence-electron chi connectivity index (χ0n) is 12.6. The number of Topliss-reactive ketones (excluding diaryl/α,β-unsaturated/α-hetero) is 1. The first kappa shape index (κ1) is 19.9. The summed E-state index contributed by atoms with van der Waals surface area (Å²) >= 11 is 6.79. The molecule has 0 bridgehead atoms. The molecule has 0 heterocycles. The van der Waals surface area contributed by atoms with Crippen molar-refractivity contribution < 1.29 is 27.1 Å². The van der Waals surface area contributed by atoms with E-state index in [1.165, 1.54) is 12.1 Å². The minimum Gasteiger partial charge on any atom is -0.428 e. The summed E-state index contributed by atoms with van der Waals surface area (Å²) in [6.07, 6.45) is -8.03. The predicted octanol–water partition coefficient (Wildman–Crippen LogP) is 6.26. The SMILES string of the molecule is O=C(CCc1c(Br)cccc1Br)c1cccc(OC(F)(F)C(F)F)c1. The number of rotatable bonds is 7. The van der Waals surface area contributed by atoms with Crippen molar-refractivity contribution in [3.63, 3.8) is 0 Å². The lowest BCUT2D eigenvalue weighted by Gasteiger charge is -2.17. The maximum absolute atomic E-state index is 13.0. The molecule has 25 heavy (non-hydrogen) atoms. The summed E-state index contributed by atoms with van der Waals surface area (Å²) in [5.74, 6) is -0.799. The van der Waals surface area contributed by atoms with Gasteiger partial charge in [-0.05, 0) is 36.2 Å². The molecule has 2 aromatic rings. The summed E-state index contributed by atoms with van der Waals surface area (Å²) < 4.78 is 56.0. The molecule has 0 spiro atoms. The Hall–Kier alpha value is -1.41. The van der Waals surface area contributed by atoms with Gasteiger partial charge in [-0.1, -0.05) is 50.1 Å². The Bertz CT molecular complexity index is 746. The third-order valence-electron chi connectivity index (χ3n) is 3.33. The Labute approximate surface area is 158 Å². The number of carbonyl (C=O) groups is 1. The Morgan fingerprint density at radius 3 is 2.28 bits per heavy atom. The quantitative estimate of drug-likeness (QED) is 0.343. The monoisotopic (exact) mass is 482 g/mol. The van der Waals surface area contributed by atoms with Crippen molar-refractivity contribution in [1.82, 2.24) is 0 Å². The standard InChI is InChI=1S/C17H12Br2F4O2/c18-13-5-2-6-14(19)12(13)7-8-15(24)10-3-1-4-11(9-10)25-17(22,23)16(20)21/h1-6,9,16H,7-8H2. The van der Waals surface area contributed by atoms with E-state index in [0.717, 1.165) is 26.6 Å². The van der Waals surface area contributed by atoms with Crippen molar-refractivity contribution in [2.24, 2.45) is 0 Å². The van der Waals surface area contributed by atoms with Gasteiger partial charge in [0.15, 0.2) is 5.78 Å². The Kier molecular flexibility index (Phi) is 6.62. The molecular formula is C17H12Br2F4O2. The maximum atomic E-state index is 13.0. The van der Waals surface area contributed by atoms with Gasteiger partial charge in [0.05, 0.1) is 0 Å². The van der Waals surface area contributed by atoms with Crippen molar-refractivity contribution >= 4 is 37.6 Å². The van der Waals surface area contributed by atoms with E-state index in [1.54, 1.807) is 0 Å². The molecule has 134 valence electrons. The van der Waals surface area contributed by atoms with Crippen LogP contribution in [0.15, 0.2) is 51.4 Å². The van der Waals surface area contributed by atoms with Gasteiger partial charge in [-0.15, -0.1) is 0 Å². The van der Waals surface area contributed by atoms with E-state index in [-0.39, 0.29) is 17.8 Å². The molecule has 0 aliphatic rings. The van der Waals surface area contributed by atoms with Crippen LogP contribution in [-0.2, 0) is 6.42 Å². The number of carbonyl (C=O) groups excluding carboxylic acids is 1. The number of ketones is 1. The topological polar surface area (TPSA) is 26.3 Å². The van der Waals surface area contributed by atoms with Gasteiger partial charge < -0.3 is 4.74 Å². The van der Waals surface area contributed by atoms with Crippen LogP contribution in [0.4, 0.5) is 17.6 Å². The zero-order valence-corrected chi connectivity index (χ0v) is 15.8. The van der Waals surface area contributed by atoms with E-state index in [2.05, 4.69) is 36.6 Å². The van der Waals surface area contributed by atoms with Gasteiger partial charge in [0.1, 0.15) is 5.75 Å². The lowest BCUT2D eigenvalue weighted by Crippen LogP contribution is -2.33. The molecule has 8 heteroatoms. The minimum absolute atomic E-state index is 0.116. The maximum Gasteiger partial charge on any atom is 0.461 e. The van der Waals surface area contributed by atoms with Crippen LogP contribution in [0.5, 0.6) is 5.75 Å². The van der Waals surface area contributed by atoms with Gasteiger partial charge in [-0.3, -0.25) is 4.79 Å². The van der Waals surface area contributed by atoms with Crippen molar-refractivity contribution in [3.8, 4) is 5.75 Å². The van der Waals surface area contributed by atoms with Crippen molar-refractivity contribution in [1.29, 1.82) is 0 Å². The summed E-state index contributed by atoms with van der Waals surface area (Å²) in [6, 6.07) is 10.4. The number of hydrogen-bond acceptors (Lipinski definition) is 2. The molecule has 2 aromatic carbocycles. The second kappa shape index (κ2) is 8.31. The number of hydrogen-bond donors (Lipinski definition) is 0. The van der Waals surface area contributed by atoms with E-state index in [1.807, 2.05) is 18.2 Å². The zero-order chi connectivity index (χ0) is 18.6. The fraction of sp³-hybridized carbons (Fsp3) is 0.235. The highest BCUT2D eigenvalue weighted by Crippen LogP contribution is 2.29. The highest BCUT2D eigenvalue weighted by Gasteiger charge is 2.44. The fourth-order valence-electron chi connectivity index (χ4n) is 2.09. The highest BCUT2D eigenvalue weighted by atomic mass is 79.9. The second-order valence-corrected chi connectivity index (χ2v) is 6.82. The first-order chi connectivity index (χ1) is 11.7. The summed E-state index contributed by atoms with van der Waals surface area (Å²) in [5.41, 5.74) is 1.01. The van der Waals surface area contributed by atoms with Crippen LogP contribution in [0, 0.1) is 0 Å². The first-order valence-electron chi connectivity index (χ1n) is 7.12. The van der Waals surface area contributed by atoms with Crippen LogP contribution in [-0.4, -0.2) is 18.3 Å². The number of benzene rings is 2. The van der Waals surface area contributed by atoms with Crippen LogP contribution in [0.3, 0.4) is 0 Å².